The maximum atomic E-state index is 12.3. The fraction of sp³-hybridized carbons (Fsp3) is 0.278. The Balaban J connectivity index is 0.00000208. The molecule has 6 heteroatoms. The Morgan fingerprint density at radius 3 is 2.54 bits per heavy atom. The molecule has 3 rings (SSSR count). The van der Waals surface area contributed by atoms with Crippen LogP contribution in [0, 0.1) is 5.92 Å². The molecule has 5 nitrogen and oxygen atoms in total. The molecule has 2 atom stereocenters. The lowest BCUT2D eigenvalue weighted by Gasteiger charge is -2.14. The number of hydrogen-bond acceptors (Lipinski definition) is 4. The number of aliphatic hydroxyl groups excluding tert-OH is 1. The van der Waals surface area contributed by atoms with Gasteiger partial charge in [-0.3, -0.25) is 4.79 Å². The van der Waals surface area contributed by atoms with Gasteiger partial charge in [0.05, 0.1) is 6.10 Å². The molecule has 0 radical (unpaired) electrons. The number of carbonyl (C=O) groups excluding carboxylic acids is 1. The van der Waals surface area contributed by atoms with Crippen LogP contribution in [0.3, 0.4) is 0 Å². The number of rotatable bonds is 5. The van der Waals surface area contributed by atoms with Crippen molar-refractivity contribution in [2.75, 3.05) is 25.0 Å². The minimum absolute atomic E-state index is 0. The number of anilines is 2. The summed E-state index contributed by atoms with van der Waals surface area (Å²) >= 11 is 0. The van der Waals surface area contributed by atoms with Crippen molar-refractivity contribution in [2.45, 2.75) is 6.10 Å². The normalized spacial score (nSPS) is 19.4. The highest BCUT2D eigenvalue weighted by atomic mass is 35.5. The number of aliphatic hydroxyl groups is 1. The van der Waals surface area contributed by atoms with E-state index in [0.717, 1.165) is 17.9 Å². The van der Waals surface area contributed by atoms with E-state index >= 15 is 0 Å². The predicted molar refractivity (Wildman–Crippen MR) is 98.1 cm³/mol. The molecular weight excluding hydrogens is 326 g/mol. The van der Waals surface area contributed by atoms with Gasteiger partial charge in [-0.2, -0.15) is 0 Å². The summed E-state index contributed by atoms with van der Waals surface area (Å²) in [6, 6.07) is 17.2. The monoisotopic (exact) mass is 347 g/mol. The average molecular weight is 348 g/mol. The van der Waals surface area contributed by atoms with Gasteiger partial charge in [-0.1, -0.05) is 24.3 Å². The molecule has 128 valence electrons. The van der Waals surface area contributed by atoms with Crippen LogP contribution >= 0.6 is 12.4 Å². The van der Waals surface area contributed by atoms with Gasteiger partial charge in [0.25, 0.3) is 5.91 Å². The number of benzene rings is 2. The fourth-order valence-electron chi connectivity index (χ4n) is 2.68. The van der Waals surface area contributed by atoms with Gasteiger partial charge in [0, 0.05) is 42.5 Å². The van der Waals surface area contributed by atoms with Crippen LogP contribution in [0.15, 0.2) is 54.6 Å². The van der Waals surface area contributed by atoms with Crippen LogP contribution in [0.5, 0.6) is 0 Å². The molecule has 1 amide bonds. The van der Waals surface area contributed by atoms with Crippen LogP contribution in [0.2, 0.25) is 0 Å². The van der Waals surface area contributed by atoms with E-state index in [0.29, 0.717) is 18.7 Å². The quantitative estimate of drug-likeness (QED) is 0.669. The average Bonchev–Trinajstić information content (AvgIpc) is 2.99. The molecule has 0 aromatic heterocycles. The standard InChI is InChI=1S/C18H21N3O2.ClH/c22-17-12-19-10-14(17)11-20-18(23)13-5-4-8-16(9-13)21-15-6-2-1-3-7-15;/h1-9,14,17,19,21-22H,10-12H2,(H,20,23);1H. The summed E-state index contributed by atoms with van der Waals surface area (Å²) in [6.07, 6.45) is -0.388. The predicted octanol–water partition coefficient (Wildman–Crippen LogP) is 2.16. The van der Waals surface area contributed by atoms with Crippen LogP contribution in [-0.4, -0.2) is 36.8 Å². The maximum absolute atomic E-state index is 12.3. The van der Waals surface area contributed by atoms with E-state index in [1.54, 1.807) is 6.07 Å². The number of carbonyl (C=O) groups is 1. The second-order valence-corrected chi connectivity index (χ2v) is 5.77. The van der Waals surface area contributed by atoms with Crippen molar-refractivity contribution in [1.29, 1.82) is 0 Å². The Kier molecular flexibility index (Phi) is 6.61. The first-order valence-corrected chi connectivity index (χ1v) is 7.81. The summed E-state index contributed by atoms with van der Waals surface area (Å²) in [7, 11) is 0. The Morgan fingerprint density at radius 2 is 1.83 bits per heavy atom. The SMILES string of the molecule is Cl.O=C(NCC1CNCC1O)c1cccc(Nc2ccccc2)c1. The van der Waals surface area contributed by atoms with Crippen LogP contribution in [0.4, 0.5) is 11.4 Å². The van der Waals surface area contributed by atoms with E-state index in [1.165, 1.54) is 0 Å². The van der Waals surface area contributed by atoms with Gasteiger partial charge in [0.15, 0.2) is 0 Å². The highest BCUT2D eigenvalue weighted by Gasteiger charge is 2.25. The van der Waals surface area contributed by atoms with E-state index in [9.17, 15) is 9.90 Å². The molecule has 2 aromatic rings. The van der Waals surface area contributed by atoms with Crippen LogP contribution in [-0.2, 0) is 0 Å². The summed E-state index contributed by atoms with van der Waals surface area (Å²) < 4.78 is 0. The molecule has 0 spiro atoms. The minimum Gasteiger partial charge on any atom is -0.391 e. The molecule has 1 saturated heterocycles. The van der Waals surface area contributed by atoms with Gasteiger partial charge in [0.1, 0.15) is 0 Å². The first-order valence-electron chi connectivity index (χ1n) is 7.81. The Bertz CT molecular complexity index is 666. The van der Waals surface area contributed by atoms with Crippen molar-refractivity contribution in [3.05, 3.63) is 60.2 Å². The van der Waals surface area contributed by atoms with Crippen LogP contribution < -0.4 is 16.0 Å². The summed E-state index contributed by atoms with van der Waals surface area (Å²) in [5.41, 5.74) is 2.45. The summed E-state index contributed by atoms with van der Waals surface area (Å²) in [5, 5.41) is 19.0. The second-order valence-electron chi connectivity index (χ2n) is 5.77. The molecule has 2 unspecified atom stereocenters. The number of hydrogen-bond donors (Lipinski definition) is 4. The van der Waals surface area contributed by atoms with Gasteiger partial charge < -0.3 is 21.1 Å². The van der Waals surface area contributed by atoms with Crippen molar-refractivity contribution in [1.82, 2.24) is 10.6 Å². The van der Waals surface area contributed by atoms with Crippen LogP contribution in [0.1, 0.15) is 10.4 Å². The zero-order valence-electron chi connectivity index (χ0n) is 13.2. The Morgan fingerprint density at radius 1 is 1.08 bits per heavy atom. The highest BCUT2D eigenvalue weighted by Crippen LogP contribution is 2.17. The summed E-state index contributed by atoms with van der Waals surface area (Å²) in [5.74, 6) is -0.0506. The zero-order valence-corrected chi connectivity index (χ0v) is 14.1. The lowest BCUT2D eigenvalue weighted by Crippen LogP contribution is -2.34. The minimum atomic E-state index is -0.388. The molecule has 0 saturated carbocycles. The number of β-amino-alcohol motifs (C(OH)–C–C–N with tert-alkyl or cyclic N) is 1. The number of halogens is 1. The van der Waals surface area contributed by atoms with Gasteiger partial charge in [-0.25, -0.2) is 0 Å². The highest BCUT2D eigenvalue weighted by molar-refractivity contribution is 5.95. The molecule has 2 aromatic carbocycles. The molecule has 0 aliphatic carbocycles. The van der Waals surface area contributed by atoms with E-state index in [-0.39, 0.29) is 30.3 Å². The smallest absolute Gasteiger partial charge is 0.251 e. The maximum Gasteiger partial charge on any atom is 0.251 e. The van der Waals surface area contributed by atoms with Crippen LogP contribution in [0.25, 0.3) is 0 Å². The Labute approximate surface area is 147 Å². The zero-order chi connectivity index (χ0) is 16.1. The second kappa shape index (κ2) is 8.68. The van der Waals surface area contributed by atoms with Gasteiger partial charge in [0.2, 0.25) is 0 Å². The van der Waals surface area contributed by atoms with Gasteiger partial charge >= 0.3 is 0 Å². The van der Waals surface area contributed by atoms with Gasteiger partial charge in [-0.15, -0.1) is 12.4 Å². The molecule has 1 fully saturated rings. The lowest BCUT2D eigenvalue weighted by atomic mass is 10.1. The number of nitrogens with one attached hydrogen (secondary N) is 3. The molecule has 24 heavy (non-hydrogen) atoms. The Hall–Kier alpha value is -2.08. The molecule has 1 aliphatic rings. The fourth-order valence-corrected chi connectivity index (χ4v) is 2.68. The third-order valence-corrected chi connectivity index (χ3v) is 4.02. The van der Waals surface area contributed by atoms with Crippen molar-refractivity contribution in [3.8, 4) is 0 Å². The van der Waals surface area contributed by atoms with Crippen molar-refractivity contribution >= 4 is 29.7 Å². The molecule has 1 aliphatic heterocycles. The largest absolute Gasteiger partial charge is 0.391 e. The number of amides is 1. The van der Waals surface area contributed by atoms with E-state index < -0.39 is 0 Å². The molecular formula is C18H22ClN3O2. The van der Waals surface area contributed by atoms with Crippen molar-refractivity contribution in [3.63, 3.8) is 0 Å². The van der Waals surface area contributed by atoms with Crippen molar-refractivity contribution < 1.29 is 9.90 Å². The third-order valence-electron chi connectivity index (χ3n) is 4.02. The third kappa shape index (κ3) is 4.71. The molecule has 1 heterocycles. The van der Waals surface area contributed by atoms with E-state index in [4.69, 9.17) is 0 Å². The lowest BCUT2D eigenvalue weighted by molar-refractivity contribution is 0.0927. The number of para-hydroxylation sites is 1. The first kappa shape index (κ1) is 18.3. The summed E-state index contributed by atoms with van der Waals surface area (Å²) in [4.78, 5) is 12.3. The summed E-state index contributed by atoms with van der Waals surface area (Å²) in [6.45, 7) is 1.80. The van der Waals surface area contributed by atoms with E-state index in [2.05, 4.69) is 16.0 Å². The first-order chi connectivity index (χ1) is 11.2. The van der Waals surface area contributed by atoms with E-state index in [1.807, 2.05) is 48.5 Å². The van der Waals surface area contributed by atoms with Gasteiger partial charge in [-0.05, 0) is 30.3 Å². The topological polar surface area (TPSA) is 73.4 Å². The molecule has 0 bridgehead atoms. The molecule has 4 N–H and O–H groups in total. The van der Waals surface area contributed by atoms with Crippen molar-refractivity contribution in [2.24, 2.45) is 5.92 Å².